The molecule has 0 aromatic heterocycles. The van der Waals surface area contributed by atoms with Crippen LogP contribution in [-0.4, -0.2) is 7.11 Å². The summed E-state index contributed by atoms with van der Waals surface area (Å²) in [6, 6.07) is 3.97. The monoisotopic (exact) mass is 202 g/mol. The number of benzene rings is 1. The second kappa shape index (κ2) is 4.06. The molecule has 0 aliphatic heterocycles. The zero-order valence-electron chi connectivity index (χ0n) is 7.35. The van der Waals surface area contributed by atoms with Crippen LogP contribution in [0.15, 0.2) is 17.0 Å². The first-order chi connectivity index (χ1) is 5.69. The van der Waals surface area contributed by atoms with E-state index in [-0.39, 0.29) is 0 Å². The predicted molar refractivity (Wildman–Crippen MR) is 54.2 cm³/mol. The Labute approximate surface area is 81.6 Å². The second-order valence-corrected chi connectivity index (χ2v) is 3.69. The standard InChI is InChI=1S/C9H11ClOS/c1-6-4-8(11-3)5-7(2)9(6)12-10/h4-5H,1-3H3. The highest BCUT2D eigenvalue weighted by Crippen LogP contribution is 2.32. The Morgan fingerprint density at radius 1 is 1.25 bits per heavy atom. The molecule has 12 heavy (non-hydrogen) atoms. The number of hydrogen-bond acceptors (Lipinski definition) is 2. The van der Waals surface area contributed by atoms with Crippen LogP contribution >= 0.6 is 21.7 Å². The van der Waals surface area contributed by atoms with E-state index >= 15 is 0 Å². The zero-order chi connectivity index (χ0) is 9.14. The van der Waals surface area contributed by atoms with Crippen molar-refractivity contribution in [2.75, 3.05) is 7.11 Å². The first-order valence-corrected chi connectivity index (χ1v) is 5.27. The Hall–Kier alpha value is -0.340. The molecule has 66 valence electrons. The van der Waals surface area contributed by atoms with E-state index in [1.54, 1.807) is 7.11 Å². The van der Waals surface area contributed by atoms with Crippen molar-refractivity contribution in [3.63, 3.8) is 0 Å². The van der Waals surface area contributed by atoms with Gasteiger partial charge in [-0.05, 0) is 58.8 Å². The summed E-state index contributed by atoms with van der Waals surface area (Å²) in [6.07, 6.45) is 0. The number of halogens is 1. The minimum atomic E-state index is 0.888. The Kier molecular flexibility index (Phi) is 3.29. The number of methoxy groups -OCH3 is 1. The van der Waals surface area contributed by atoms with Crippen molar-refractivity contribution in [2.45, 2.75) is 18.7 Å². The van der Waals surface area contributed by atoms with Crippen LogP contribution in [0.1, 0.15) is 11.1 Å². The first-order valence-electron chi connectivity index (χ1n) is 3.63. The molecule has 0 atom stereocenters. The number of hydrogen-bond donors (Lipinski definition) is 0. The number of aryl methyl sites for hydroxylation is 2. The molecule has 0 aliphatic carbocycles. The third kappa shape index (κ3) is 1.87. The molecule has 0 spiro atoms. The molecule has 3 heteroatoms. The van der Waals surface area contributed by atoms with Crippen molar-refractivity contribution in [2.24, 2.45) is 0 Å². The number of ether oxygens (including phenoxy) is 1. The molecule has 1 nitrogen and oxygen atoms in total. The van der Waals surface area contributed by atoms with Gasteiger partial charge in [0.05, 0.1) is 7.11 Å². The molecule has 0 N–H and O–H groups in total. The van der Waals surface area contributed by atoms with Gasteiger partial charge in [0.15, 0.2) is 0 Å². The maximum Gasteiger partial charge on any atom is 0.119 e. The molecule has 1 aromatic rings. The molecule has 0 fully saturated rings. The molecule has 0 unspecified atom stereocenters. The van der Waals surface area contributed by atoms with Crippen molar-refractivity contribution in [1.29, 1.82) is 0 Å². The summed E-state index contributed by atoms with van der Waals surface area (Å²) in [6.45, 7) is 4.06. The van der Waals surface area contributed by atoms with Crippen LogP contribution in [0.5, 0.6) is 5.75 Å². The van der Waals surface area contributed by atoms with Crippen molar-refractivity contribution in [3.8, 4) is 5.75 Å². The molecular formula is C9H11ClOS. The lowest BCUT2D eigenvalue weighted by atomic mass is 10.1. The molecule has 0 radical (unpaired) electrons. The fourth-order valence-electron chi connectivity index (χ4n) is 1.15. The van der Waals surface area contributed by atoms with E-state index < -0.39 is 0 Å². The SMILES string of the molecule is COc1cc(C)c(SCl)c(C)c1. The predicted octanol–water partition coefficient (Wildman–Crippen LogP) is 3.56. The van der Waals surface area contributed by atoms with Gasteiger partial charge in [-0.2, -0.15) is 0 Å². The van der Waals surface area contributed by atoms with E-state index in [4.69, 9.17) is 15.4 Å². The summed E-state index contributed by atoms with van der Waals surface area (Å²) in [7, 11) is 8.64. The average molecular weight is 203 g/mol. The highest BCUT2D eigenvalue weighted by atomic mass is 35.7. The maximum absolute atomic E-state index is 5.71. The summed E-state index contributed by atoms with van der Waals surface area (Å²) in [5, 5.41) is 0. The van der Waals surface area contributed by atoms with Crippen LogP contribution in [0.2, 0.25) is 0 Å². The molecule has 0 heterocycles. The largest absolute Gasteiger partial charge is 0.497 e. The first kappa shape index (κ1) is 9.75. The van der Waals surface area contributed by atoms with E-state index in [1.165, 1.54) is 11.0 Å². The Bertz CT molecular complexity index is 263. The Balaban J connectivity index is 3.18. The minimum absolute atomic E-state index is 0.888. The van der Waals surface area contributed by atoms with Crippen molar-refractivity contribution in [1.82, 2.24) is 0 Å². The molecule has 1 aromatic carbocycles. The summed E-state index contributed by atoms with van der Waals surface area (Å²) in [5.74, 6) is 0.888. The van der Waals surface area contributed by atoms with Crippen molar-refractivity contribution < 1.29 is 4.74 Å². The van der Waals surface area contributed by atoms with Crippen molar-refractivity contribution in [3.05, 3.63) is 23.3 Å². The molecule has 0 saturated carbocycles. The highest BCUT2D eigenvalue weighted by Gasteiger charge is 2.04. The lowest BCUT2D eigenvalue weighted by Crippen LogP contribution is -1.88. The van der Waals surface area contributed by atoms with Crippen LogP contribution < -0.4 is 4.74 Å². The van der Waals surface area contributed by atoms with Crippen LogP contribution in [0.25, 0.3) is 0 Å². The normalized spacial score (nSPS) is 10.0. The molecule has 0 bridgehead atoms. The van der Waals surface area contributed by atoms with Gasteiger partial charge in [0.1, 0.15) is 5.75 Å². The van der Waals surface area contributed by atoms with Crippen LogP contribution in [-0.2, 0) is 0 Å². The summed E-state index contributed by atoms with van der Waals surface area (Å²) in [5.41, 5.74) is 2.32. The Morgan fingerprint density at radius 3 is 2.08 bits per heavy atom. The van der Waals surface area contributed by atoms with Crippen LogP contribution in [0, 0.1) is 13.8 Å². The van der Waals surface area contributed by atoms with Gasteiger partial charge in [0.25, 0.3) is 0 Å². The van der Waals surface area contributed by atoms with E-state index in [0.717, 1.165) is 21.8 Å². The Morgan fingerprint density at radius 2 is 1.75 bits per heavy atom. The summed E-state index contributed by atoms with van der Waals surface area (Å²) in [4.78, 5) is 1.12. The van der Waals surface area contributed by atoms with Crippen LogP contribution in [0.4, 0.5) is 0 Å². The minimum Gasteiger partial charge on any atom is -0.497 e. The average Bonchev–Trinajstić information content (AvgIpc) is 2.03. The third-order valence-corrected chi connectivity index (χ3v) is 3.01. The fourth-order valence-corrected chi connectivity index (χ4v) is 2.24. The van der Waals surface area contributed by atoms with Crippen molar-refractivity contribution >= 4 is 21.7 Å². The summed E-state index contributed by atoms with van der Waals surface area (Å²) >= 11 is 0. The van der Waals surface area contributed by atoms with E-state index in [0.29, 0.717) is 0 Å². The molecule has 0 saturated heterocycles. The van der Waals surface area contributed by atoms with Gasteiger partial charge < -0.3 is 4.74 Å². The zero-order valence-corrected chi connectivity index (χ0v) is 8.92. The lowest BCUT2D eigenvalue weighted by molar-refractivity contribution is 0.413. The van der Waals surface area contributed by atoms with Gasteiger partial charge in [0, 0.05) is 4.90 Å². The lowest BCUT2D eigenvalue weighted by Gasteiger charge is -2.08. The maximum atomic E-state index is 5.71. The number of rotatable bonds is 2. The molecule has 0 amide bonds. The van der Waals surface area contributed by atoms with Gasteiger partial charge in [-0.25, -0.2) is 0 Å². The quantitative estimate of drug-likeness (QED) is 0.726. The van der Waals surface area contributed by atoms with Crippen LogP contribution in [0.3, 0.4) is 0 Å². The molecule has 0 aliphatic rings. The molecule has 1 rings (SSSR count). The highest BCUT2D eigenvalue weighted by molar-refractivity contribution is 8.21. The van der Waals surface area contributed by atoms with Gasteiger partial charge in [-0.15, -0.1) is 0 Å². The third-order valence-electron chi connectivity index (χ3n) is 1.75. The van der Waals surface area contributed by atoms with E-state index in [1.807, 2.05) is 26.0 Å². The van der Waals surface area contributed by atoms with E-state index in [2.05, 4.69) is 0 Å². The molecular weight excluding hydrogens is 192 g/mol. The van der Waals surface area contributed by atoms with Gasteiger partial charge in [-0.3, -0.25) is 0 Å². The van der Waals surface area contributed by atoms with Gasteiger partial charge >= 0.3 is 0 Å². The fraction of sp³-hybridized carbons (Fsp3) is 0.333. The van der Waals surface area contributed by atoms with E-state index in [9.17, 15) is 0 Å². The topological polar surface area (TPSA) is 9.23 Å². The van der Waals surface area contributed by atoms with Gasteiger partial charge in [-0.1, -0.05) is 0 Å². The smallest absolute Gasteiger partial charge is 0.119 e. The summed E-state index contributed by atoms with van der Waals surface area (Å²) < 4.78 is 5.12. The second-order valence-electron chi connectivity index (χ2n) is 2.67. The van der Waals surface area contributed by atoms with Gasteiger partial charge in [0.2, 0.25) is 0 Å².